The predicted molar refractivity (Wildman–Crippen MR) is 72.4 cm³/mol. The Labute approximate surface area is 108 Å². The van der Waals surface area contributed by atoms with Gasteiger partial charge >= 0.3 is 0 Å². The zero-order valence-electron chi connectivity index (χ0n) is 11.1. The largest absolute Gasteiger partial charge is 0.366 e. The number of primary amides is 1. The summed E-state index contributed by atoms with van der Waals surface area (Å²) in [5.74, 6) is -0.363. The fraction of sp³-hybridized carbons (Fsp3) is 0.500. The summed E-state index contributed by atoms with van der Waals surface area (Å²) in [4.78, 5) is 13.5. The van der Waals surface area contributed by atoms with Crippen molar-refractivity contribution in [3.05, 3.63) is 34.9 Å². The molecule has 1 aromatic carbocycles. The minimum atomic E-state index is -0.363. The van der Waals surface area contributed by atoms with Crippen LogP contribution in [0.25, 0.3) is 0 Å². The number of carbonyl (C=O) groups is 1. The van der Waals surface area contributed by atoms with E-state index in [4.69, 9.17) is 5.73 Å². The molecule has 0 spiro atoms. The Morgan fingerprint density at radius 3 is 2.89 bits per heavy atom. The highest BCUT2D eigenvalue weighted by Gasteiger charge is 2.19. The smallest absolute Gasteiger partial charge is 0.248 e. The van der Waals surface area contributed by atoms with Gasteiger partial charge in [-0.15, -0.1) is 0 Å². The van der Waals surface area contributed by atoms with Crippen LogP contribution in [-0.4, -0.2) is 37.0 Å². The van der Waals surface area contributed by atoms with Crippen LogP contribution in [0.2, 0.25) is 0 Å². The summed E-state index contributed by atoms with van der Waals surface area (Å²) in [6.07, 6.45) is 1.20. The molecule has 1 heterocycles. The second kappa shape index (κ2) is 5.50. The molecule has 1 fully saturated rings. The van der Waals surface area contributed by atoms with E-state index in [1.54, 1.807) is 0 Å². The van der Waals surface area contributed by atoms with Gasteiger partial charge in [-0.2, -0.15) is 0 Å². The zero-order valence-corrected chi connectivity index (χ0v) is 11.1. The second-order valence-electron chi connectivity index (χ2n) is 5.07. The standard InChI is InChI=1S/C14H21N3O/c1-10-7-11(14(15)18)3-4-12(10)9-17(2)13-5-6-16-8-13/h3-4,7,13,16H,5-6,8-9H2,1-2H3,(H2,15,18). The first kappa shape index (κ1) is 13.1. The summed E-state index contributed by atoms with van der Waals surface area (Å²) in [7, 11) is 2.15. The Hall–Kier alpha value is -1.39. The van der Waals surface area contributed by atoms with Crippen molar-refractivity contribution in [2.24, 2.45) is 5.73 Å². The molecule has 98 valence electrons. The van der Waals surface area contributed by atoms with Gasteiger partial charge in [-0.3, -0.25) is 9.69 Å². The fourth-order valence-corrected chi connectivity index (χ4v) is 2.44. The van der Waals surface area contributed by atoms with E-state index in [9.17, 15) is 4.79 Å². The third-order valence-electron chi connectivity index (χ3n) is 3.70. The minimum Gasteiger partial charge on any atom is -0.366 e. The van der Waals surface area contributed by atoms with Gasteiger partial charge < -0.3 is 11.1 Å². The Balaban J connectivity index is 2.06. The van der Waals surface area contributed by atoms with Crippen LogP contribution in [0, 0.1) is 6.92 Å². The lowest BCUT2D eigenvalue weighted by atomic mass is 10.0. The van der Waals surface area contributed by atoms with Crippen LogP contribution in [0.3, 0.4) is 0 Å². The van der Waals surface area contributed by atoms with Gasteiger partial charge in [-0.25, -0.2) is 0 Å². The molecule has 1 atom stereocenters. The number of hydrogen-bond acceptors (Lipinski definition) is 3. The van der Waals surface area contributed by atoms with E-state index in [1.165, 1.54) is 12.0 Å². The number of hydrogen-bond donors (Lipinski definition) is 2. The van der Waals surface area contributed by atoms with Crippen molar-refractivity contribution < 1.29 is 4.79 Å². The van der Waals surface area contributed by atoms with Crippen LogP contribution in [0.4, 0.5) is 0 Å². The zero-order chi connectivity index (χ0) is 13.1. The molecule has 1 unspecified atom stereocenters. The number of amides is 1. The monoisotopic (exact) mass is 247 g/mol. The Morgan fingerprint density at radius 2 is 2.33 bits per heavy atom. The highest BCUT2D eigenvalue weighted by Crippen LogP contribution is 2.16. The molecule has 1 aliphatic heterocycles. The summed E-state index contributed by atoms with van der Waals surface area (Å²) < 4.78 is 0. The van der Waals surface area contributed by atoms with Gasteiger partial charge in [0.1, 0.15) is 0 Å². The molecule has 1 saturated heterocycles. The van der Waals surface area contributed by atoms with Gasteiger partial charge in [0.05, 0.1) is 0 Å². The lowest BCUT2D eigenvalue weighted by Crippen LogP contribution is -2.33. The highest BCUT2D eigenvalue weighted by molar-refractivity contribution is 5.93. The molecule has 1 aromatic rings. The topological polar surface area (TPSA) is 58.4 Å². The number of nitrogens with two attached hydrogens (primary N) is 1. The number of nitrogens with zero attached hydrogens (tertiary/aromatic N) is 1. The normalized spacial score (nSPS) is 19.4. The third kappa shape index (κ3) is 2.89. The van der Waals surface area contributed by atoms with E-state index in [0.29, 0.717) is 11.6 Å². The number of nitrogens with one attached hydrogen (secondary N) is 1. The lowest BCUT2D eigenvalue weighted by molar-refractivity contribution is 0.1000. The molecule has 4 nitrogen and oxygen atoms in total. The molecular weight excluding hydrogens is 226 g/mol. The molecule has 0 saturated carbocycles. The van der Waals surface area contributed by atoms with Gasteiger partial charge in [-0.1, -0.05) is 6.07 Å². The van der Waals surface area contributed by atoms with Crippen molar-refractivity contribution in [1.82, 2.24) is 10.2 Å². The summed E-state index contributed by atoms with van der Waals surface area (Å²) in [6, 6.07) is 6.30. The predicted octanol–water partition coefficient (Wildman–Crippen LogP) is 0.888. The van der Waals surface area contributed by atoms with Crippen LogP contribution >= 0.6 is 0 Å². The van der Waals surface area contributed by atoms with Crippen molar-refractivity contribution in [1.29, 1.82) is 0 Å². The van der Waals surface area contributed by atoms with E-state index in [0.717, 1.165) is 25.2 Å². The molecule has 0 radical (unpaired) electrons. The molecule has 18 heavy (non-hydrogen) atoms. The quantitative estimate of drug-likeness (QED) is 0.830. The maximum absolute atomic E-state index is 11.1. The maximum atomic E-state index is 11.1. The van der Waals surface area contributed by atoms with Crippen LogP contribution in [0.1, 0.15) is 27.9 Å². The second-order valence-corrected chi connectivity index (χ2v) is 5.07. The number of aryl methyl sites for hydroxylation is 1. The summed E-state index contributed by atoms with van der Waals surface area (Å²) >= 11 is 0. The van der Waals surface area contributed by atoms with Gasteiger partial charge in [0.2, 0.25) is 5.91 Å². The lowest BCUT2D eigenvalue weighted by Gasteiger charge is -2.24. The van der Waals surface area contributed by atoms with Gasteiger partial charge in [0.15, 0.2) is 0 Å². The average molecular weight is 247 g/mol. The molecule has 0 aliphatic carbocycles. The summed E-state index contributed by atoms with van der Waals surface area (Å²) in [6.45, 7) is 5.11. The van der Waals surface area contributed by atoms with Crippen LogP contribution in [0.5, 0.6) is 0 Å². The molecule has 2 rings (SSSR count). The Bertz CT molecular complexity index is 439. The van der Waals surface area contributed by atoms with Gasteiger partial charge in [0, 0.05) is 24.7 Å². The first-order valence-corrected chi connectivity index (χ1v) is 6.38. The molecule has 1 aliphatic rings. The van der Waals surface area contributed by atoms with Gasteiger partial charge in [-0.05, 0) is 50.2 Å². The van der Waals surface area contributed by atoms with E-state index in [1.807, 2.05) is 25.1 Å². The van der Waals surface area contributed by atoms with Crippen molar-refractivity contribution in [3.63, 3.8) is 0 Å². The fourth-order valence-electron chi connectivity index (χ4n) is 2.44. The summed E-state index contributed by atoms with van der Waals surface area (Å²) in [5, 5.41) is 3.37. The van der Waals surface area contributed by atoms with Crippen molar-refractivity contribution in [2.45, 2.75) is 25.9 Å². The Kier molecular flexibility index (Phi) is 3.99. The molecule has 3 N–H and O–H groups in total. The highest BCUT2D eigenvalue weighted by atomic mass is 16.1. The first-order chi connectivity index (χ1) is 8.58. The first-order valence-electron chi connectivity index (χ1n) is 6.38. The molecular formula is C14H21N3O. The number of likely N-dealkylation sites (N-methyl/N-ethyl adjacent to an activating group) is 1. The van der Waals surface area contributed by atoms with E-state index in [-0.39, 0.29) is 5.91 Å². The number of benzene rings is 1. The number of rotatable bonds is 4. The number of carbonyl (C=O) groups excluding carboxylic acids is 1. The van der Waals surface area contributed by atoms with Crippen LogP contribution in [-0.2, 0) is 6.54 Å². The van der Waals surface area contributed by atoms with Crippen LogP contribution < -0.4 is 11.1 Å². The maximum Gasteiger partial charge on any atom is 0.248 e. The van der Waals surface area contributed by atoms with Crippen LogP contribution in [0.15, 0.2) is 18.2 Å². The van der Waals surface area contributed by atoms with Crippen molar-refractivity contribution in [2.75, 3.05) is 20.1 Å². The van der Waals surface area contributed by atoms with Crippen molar-refractivity contribution >= 4 is 5.91 Å². The molecule has 0 aromatic heterocycles. The molecule has 1 amide bonds. The van der Waals surface area contributed by atoms with E-state index < -0.39 is 0 Å². The van der Waals surface area contributed by atoms with Gasteiger partial charge in [0.25, 0.3) is 0 Å². The van der Waals surface area contributed by atoms with E-state index >= 15 is 0 Å². The molecule has 0 bridgehead atoms. The third-order valence-corrected chi connectivity index (χ3v) is 3.70. The summed E-state index contributed by atoms with van der Waals surface area (Å²) in [5.41, 5.74) is 8.25. The molecule has 4 heteroatoms. The minimum absolute atomic E-state index is 0.363. The SMILES string of the molecule is Cc1cc(C(N)=O)ccc1CN(C)C1CCNC1. The average Bonchev–Trinajstić information content (AvgIpc) is 2.85. The Morgan fingerprint density at radius 1 is 1.56 bits per heavy atom. The van der Waals surface area contributed by atoms with Crippen molar-refractivity contribution in [3.8, 4) is 0 Å². The van der Waals surface area contributed by atoms with E-state index in [2.05, 4.69) is 17.3 Å².